The van der Waals surface area contributed by atoms with Gasteiger partial charge in [0.25, 0.3) is 5.56 Å². The number of hydrogen-bond acceptors (Lipinski definition) is 7. The van der Waals surface area contributed by atoms with Crippen molar-refractivity contribution in [1.29, 1.82) is 0 Å². The zero-order chi connectivity index (χ0) is 24.9. The minimum atomic E-state index is -3.09. The second-order valence-corrected chi connectivity index (χ2v) is 14.1. The van der Waals surface area contributed by atoms with Crippen LogP contribution in [0.25, 0.3) is 15.9 Å². The molecule has 0 N–H and O–H groups in total. The van der Waals surface area contributed by atoms with E-state index in [-0.39, 0.29) is 34.8 Å². The highest BCUT2D eigenvalue weighted by atomic mass is 35.5. The number of sulfone groups is 1. The molecule has 1 fully saturated rings. The smallest absolute Gasteiger partial charge is 0.267 e. The molecule has 0 bridgehead atoms. The van der Waals surface area contributed by atoms with Crippen molar-refractivity contribution in [3.63, 3.8) is 0 Å². The van der Waals surface area contributed by atoms with Gasteiger partial charge in [0.15, 0.2) is 15.0 Å². The Balaban J connectivity index is 1.51. The lowest BCUT2D eigenvalue weighted by Crippen LogP contribution is -2.39. The molecule has 2 atom stereocenters. The Labute approximate surface area is 217 Å². The van der Waals surface area contributed by atoms with E-state index in [1.54, 1.807) is 47.2 Å². The van der Waals surface area contributed by atoms with Gasteiger partial charge in [-0.25, -0.2) is 13.4 Å². The Kier molecular flexibility index (Phi) is 6.76. The van der Waals surface area contributed by atoms with Crippen LogP contribution in [0.4, 0.5) is 0 Å². The van der Waals surface area contributed by atoms with E-state index in [1.165, 1.54) is 21.5 Å². The second kappa shape index (κ2) is 9.53. The van der Waals surface area contributed by atoms with Crippen LogP contribution in [-0.4, -0.2) is 59.1 Å². The second-order valence-electron chi connectivity index (χ2n) is 9.39. The summed E-state index contributed by atoms with van der Waals surface area (Å²) in [6.07, 6.45) is 3.32. The number of aromatic nitrogens is 2. The minimum absolute atomic E-state index is 0.00122. The van der Waals surface area contributed by atoms with Gasteiger partial charge in [-0.3, -0.25) is 14.2 Å². The molecule has 0 unspecified atom stereocenters. The largest absolute Gasteiger partial charge is 0.341 e. The number of nitrogens with zero attached hydrogens (tertiary/aromatic N) is 3. The maximum Gasteiger partial charge on any atom is 0.267 e. The van der Waals surface area contributed by atoms with Crippen molar-refractivity contribution in [1.82, 2.24) is 14.5 Å². The molecule has 2 aliphatic rings. The first-order valence-electron chi connectivity index (χ1n) is 11.5. The van der Waals surface area contributed by atoms with Crippen molar-refractivity contribution >= 4 is 60.7 Å². The maximum absolute atomic E-state index is 13.8. The predicted octanol–water partition coefficient (Wildman–Crippen LogP) is 3.96. The Morgan fingerprint density at radius 3 is 2.71 bits per heavy atom. The topological polar surface area (TPSA) is 89.3 Å². The number of hydrogen-bond donors (Lipinski definition) is 0. The van der Waals surface area contributed by atoms with Crippen molar-refractivity contribution in [2.24, 2.45) is 5.92 Å². The number of benzene rings is 1. The molecule has 1 amide bonds. The first-order chi connectivity index (χ1) is 16.6. The molecule has 7 nitrogen and oxygen atoms in total. The lowest BCUT2D eigenvalue weighted by molar-refractivity contribution is -0.128. The maximum atomic E-state index is 13.8. The summed E-state index contributed by atoms with van der Waals surface area (Å²) in [4.78, 5) is 35.1. The molecule has 3 heterocycles. The number of amides is 1. The Hall–Kier alpha value is -1.88. The molecule has 11 heteroatoms. The summed E-state index contributed by atoms with van der Waals surface area (Å²) in [5, 5.41) is 1.68. The predicted molar refractivity (Wildman–Crippen MR) is 142 cm³/mol. The summed E-state index contributed by atoms with van der Waals surface area (Å²) in [6.45, 7) is 2.23. The third-order valence-electron chi connectivity index (χ3n) is 6.86. The lowest BCUT2D eigenvalue weighted by Gasteiger charge is -2.23. The van der Waals surface area contributed by atoms with Crippen LogP contribution in [0, 0.1) is 5.92 Å². The van der Waals surface area contributed by atoms with E-state index >= 15 is 0 Å². The van der Waals surface area contributed by atoms with E-state index in [0.717, 1.165) is 24.8 Å². The summed E-state index contributed by atoms with van der Waals surface area (Å²) in [7, 11) is -1.45. The van der Waals surface area contributed by atoms with Crippen LogP contribution in [-0.2, 0) is 27.5 Å². The van der Waals surface area contributed by atoms with Gasteiger partial charge in [0, 0.05) is 23.0 Å². The van der Waals surface area contributed by atoms with Crippen LogP contribution >= 0.6 is 34.7 Å². The zero-order valence-corrected chi connectivity index (χ0v) is 22.7. The quantitative estimate of drug-likeness (QED) is 0.352. The Morgan fingerprint density at radius 1 is 1.29 bits per heavy atom. The van der Waals surface area contributed by atoms with Gasteiger partial charge >= 0.3 is 0 Å². The average Bonchev–Trinajstić information content (AvgIpc) is 3.36. The van der Waals surface area contributed by atoms with Crippen LogP contribution in [0.1, 0.15) is 30.2 Å². The summed E-state index contributed by atoms with van der Waals surface area (Å²) < 4.78 is 25.2. The van der Waals surface area contributed by atoms with Crippen molar-refractivity contribution in [3.05, 3.63) is 50.1 Å². The van der Waals surface area contributed by atoms with Gasteiger partial charge in [0.2, 0.25) is 5.91 Å². The molecule has 0 saturated carbocycles. The summed E-state index contributed by atoms with van der Waals surface area (Å²) in [6, 6.07) is 6.70. The van der Waals surface area contributed by atoms with Crippen LogP contribution in [0.2, 0.25) is 5.02 Å². The van der Waals surface area contributed by atoms with Gasteiger partial charge in [0.05, 0.1) is 28.3 Å². The zero-order valence-electron chi connectivity index (χ0n) is 19.5. The number of aryl methyl sites for hydroxylation is 1. The highest BCUT2D eigenvalue weighted by Crippen LogP contribution is 2.37. The Morgan fingerprint density at radius 2 is 2.03 bits per heavy atom. The molecule has 186 valence electrons. The molecule has 3 aromatic rings. The number of rotatable bonds is 5. The summed E-state index contributed by atoms with van der Waals surface area (Å²) >= 11 is 8.86. The van der Waals surface area contributed by atoms with E-state index in [4.69, 9.17) is 16.6 Å². The van der Waals surface area contributed by atoms with E-state index in [9.17, 15) is 18.0 Å². The van der Waals surface area contributed by atoms with E-state index in [2.05, 4.69) is 6.92 Å². The number of thiophene rings is 1. The Bertz CT molecular complexity index is 1460. The molecule has 1 saturated heterocycles. The molecule has 2 aromatic heterocycles. The fourth-order valence-corrected chi connectivity index (χ4v) is 9.06. The summed E-state index contributed by atoms with van der Waals surface area (Å²) in [5.74, 6) is 0.557. The number of halogens is 1. The van der Waals surface area contributed by atoms with Gasteiger partial charge in [-0.15, -0.1) is 11.3 Å². The normalized spacial score (nSPS) is 21.2. The minimum Gasteiger partial charge on any atom is -0.341 e. The fourth-order valence-electron chi connectivity index (χ4n) is 4.80. The van der Waals surface area contributed by atoms with E-state index in [1.807, 2.05) is 0 Å². The van der Waals surface area contributed by atoms with Gasteiger partial charge in [-0.1, -0.05) is 30.3 Å². The van der Waals surface area contributed by atoms with Crippen LogP contribution in [0.3, 0.4) is 0 Å². The van der Waals surface area contributed by atoms with E-state index < -0.39 is 9.84 Å². The van der Waals surface area contributed by atoms with Crippen LogP contribution in [0.15, 0.2) is 34.2 Å². The first kappa shape index (κ1) is 24.8. The molecule has 0 radical (unpaired) electrons. The standard InChI is InChI=1S/C24H26ClN3O4S3/c1-14-3-8-18-19(11-14)34-22-21(18)23(30)28(16-6-4-15(25)5-7-16)24(26-22)33-12-20(29)27(2)17-9-10-35(31,32)13-17/h4-7,14,17H,3,8-13H2,1-2H3/t14-,17-/m1/s1. The number of thioether (sulfide) groups is 1. The van der Waals surface area contributed by atoms with Gasteiger partial charge < -0.3 is 4.90 Å². The van der Waals surface area contributed by atoms with Gasteiger partial charge in [-0.05, 0) is 61.4 Å². The SMILES string of the molecule is C[C@@H]1CCc2c(sc3nc(SCC(=O)N(C)[C@@H]4CCS(=O)(=O)C4)n(-c4ccc(Cl)cc4)c(=O)c23)C1. The monoisotopic (exact) mass is 551 g/mol. The highest BCUT2D eigenvalue weighted by molar-refractivity contribution is 7.99. The first-order valence-corrected chi connectivity index (χ1v) is 15.5. The van der Waals surface area contributed by atoms with Gasteiger partial charge in [-0.2, -0.15) is 0 Å². The van der Waals surface area contributed by atoms with E-state index in [0.29, 0.717) is 38.4 Å². The number of carbonyl (C=O) groups is 1. The fraction of sp³-hybridized carbons (Fsp3) is 0.458. The molecule has 0 spiro atoms. The van der Waals surface area contributed by atoms with Crippen LogP contribution < -0.4 is 5.56 Å². The highest BCUT2D eigenvalue weighted by Gasteiger charge is 2.33. The lowest BCUT2D eigenvalue weighted by atomic mass is 9.89. The molecule has 1 aliphatic heterocycles. The number of fused-ring (bicyclic) bond motifs is 3. The third-order valence-corrected chi connectivity index (χ3v) is 10.9. The molecular formula is C24H26ClN3O4S3. The molecular weight excluding hydrogens is 526 g/mol. The number of carbonyl (C=O) groups excluding carboxylic acids is 1. The van der Waals surface area contributed by atoms with Crippen molar-refractivity contribution in [3.8, 4) is 5.69 Å². The van der Waals surface area contributed by atoms with Gasteiger partial charge in [0.1, 0.15) is 4.83 Å². The molecule has 1 aromatic carbocycles. The van der Waals surface area contributed by atoms with Crippen LogP contribution in [0.5, 0.6) is 0 Å². The van der Waals surface area contributed by atoms with Crippen molar-refractivity contribution in [2.75, 3.05) is 24.3 Å². The molecule has 35 heavy (non-hydrogen) atoms. The molecule has 5 rings (SSSR count). The third kappa shape index (κ3) is 4.90. The van der Waals surface area contributed by atoms with Crippen molar-refractivity contribution in [2.45, 2.75) is 43.8 Å². The molecule has 1 aliphatic carbocycles. The summed E-state index contributed by atoms with van der Waals surface area (Å²) in [5.41, 5.74) is 1.62. The van der Waals surface area contributed by atoms with Crippen molar-refractivity contribution < 1.29 is 13.2 Å². The average molecular weight is 552 g/mol.